The predicted molar refractivity (Wildman–Crippen MR) is 121 cm³/mol. The molecule has 7 nitrogen and oxygen atoms in total. The van der Waals surface area contributed by atoms with Crippen molar-refractivity contribution in [2.24, 2.45) is 4.99 Å². The molecule has 32 heavy (non-hydrogen) atoms. The van der Waals surface area contributed by atoms with Gasteiger partial charge in [-0.3, -0.25) is 9.79 Å². The van der Waals surface area contributed by atoms with E-state index in [4.69, 9.17) is 0 Å². The molecule has 1 amide bonds. The fourth-order valence-electron chi connectivity index (χ4n) is 3.61. The maximum atomic E-state index is 12.7. The summed E-state index contributed by atoms with van der Waals surface area (Å²) in [6.07, 6.45) is 0.838. The van der Waals surface area contributed by atoms with Gasteiger partial charge in [0, 0.05) is 52.4 Å². The number of para-hydroxylation sites is 2. The number of benzene rings is 2. The lowest BCUT2D eigenvalue weighted by Gasteiger charge is -2.22. The van der Waals surface area contributed by atoms with Crippen LogP contribution in [0, 0.1) is 0 Å². The molecule has 1 heterocycles. The minimum absolute atomic E-state index is 0.0340. The zero-order chi connectivity index (χ0) is 23.1. The van der Waals surface area contributed by atoms with Crippen LogP contribution >= 0.6 is 0 Å². The average Bonchev–Trinajstić information content (AvgIpc) is 3.24. The van der Waals surface area contributed by atoms with E-state index >= 15 is 0 Å². The summed E-state index contributed by atoms with van der Waals surface area (Å²) >= 11 is 0. The van der Waals surface area contributed by atoms with Gasteiger partial charge < -0.3 is 25.2 Å². The number of hydrogen-bond acceptors (Lipinski definition) is 4. The quantitative estimate of drug-likeness (QED) is 0.507. The van der Waals surface area contributed by atoms with Gasteiger partial charge in [-0.05, 0) is 36.2 Å². The highest BCUT2D eigenvalue weighted by molar-refractivity contribution is 5.93. The number of guanidine groups is 1. The molecular formula is C23H29F2N5O2. The first-order chi connectivity index (χ1) is 15.4. The maximum absolute atomic E-state index is 12.7. The van der Waals surface area contributed by atoms with E-state index in [0.29, 0.717) is 30.3 Å². The molecule has 0 saturated carbocycles. The van der Waals surface area contributed by atoms with Crippen molar-refractivity contribution in [3.05, 3.63) is 59.7 Å². The van der Waals surface area contributed by atoms with Crippen molar-refractivity contribution < 1.29 is 18.3 Å². The summed E-state index contributed by atoms with van der Waals surface area (Å²) in [6, 6.07) is 14.4. The van der Waals surface area contributed by atoms with Crippen molar-refractivity contribution in [3.63, 3.8) is 0 Å². The molecular weight excluding hydrogens is 416 g/mol. The summed E-state index contributed by atoms with van der Waals surface area (Å²) < 4.78 is 30.1. The predicted octanol–water partition coefficient (Wildman–Crippen LogP) is 2.93. The first-order valence-corrected chi connectivity index (χ1v) is 10.4. The molecule has 172 valence electrons. The summed E-state index contributed by atoms with van der Waals surface area (Å²) in [7, 11) is 5.15. The Bertz CT molecular complexity index is 934. The number of carbonyl (C=O) groups is 1. The molecule has 1 aliphatic rings. The second-order valence-corrected chi connectivity index (χ2v) is 7.74. The molecule has 3 rings (SSSR count). The van der Waals surface area contributed by atoms with Gasteiger partial charge in [0.15, 0.2) is 5.96 Å². The van der Waals surface area contributed by atoms with Gasteiger partial charge in [0.1, 0.15) is 5.75 Å². The van der Waals surface area contributed by atoms with Crippen LogP contribution in [0.1, 0.15) is 22.3 Å². The van der Waals surface area contributed by atoms with Gasteiger partial charge in [0.2, 0.25) is 0 Å². The van der Waals surface area contributed by atoms with Crippen LogP contribution in [0.3, 0.4) is 0 Å². The smallest absolute Gasteiger partial charge is 0.387 e. The van der Waals surface area contributed by atoms with Gasteiger partial charge in [-0.2, -0.15) is 8.78 Å². The van der Waals surface area contributed by atoms with E-state index in [1.54, 1.807) is 44.2 Å². The van der Waals surface area contributed by atoms with Gasteiger partial charge in [0.05, 0.1) is 5.69 Å². The number of carbonyl (C=O) groups excluding carboxylic acids is 1. The summed E-state index contributed by atoms with van der Waals surface area (Å²) in [4.78, 5) is 19.9. The minimum Gasteiger partial charge on any atom is -0.433 e. The highest BCUT2D eigenvalue weighted by Gasteiger charge is 2.26. The third-order valence-electron chi connectivity index (χ3n) is 5.24. The van der Waals surface area contributed by atoms with E-state index in [1.807, 2.05) is 35.2 Å². The topological polar surface area (TPSA) is 69.2 Å². The van der Waals surface area contributed by atoms with E-state index in [0.717, 1.165) is 18.5 Å². The van der Waals surface area contributed by atoms with Crippen LogP contribution in [0.15, 0.2) is 53.5 Å². The Morgan fingerprint density at radius 2 is 1.94 bits per heavy atom. The Morgan fingerprint density at radius 1 is 1.22 bits per heavy atom. The molecule has 0 bridgehead atoms. The number of aliphatic imine (C=N–C) groups is 1. The number of nitrogens with one attached hydrogen (secondary N) is 2. The van der Waals surface area contributed by atoms with E-state index in [-0.39, 0.29) is 17.7 Å². The van der Waals surface area contributed by atoms with E-state index in [9.17, 15) is 13.6 Å². The lowest BCUT2D eigenvalue weighted by atomic mass is 10.1. The average molecular weight is 446 g/mol. The molecule has 2 N–H and O–H groups in total. The number of alkyl halides is 2. The van der Waals surface area contributed by atoms with Gasteiger partial charge in [0.25, 0.3) is 5.91 Å². The molecule has 2 aromatic rings. The molecule has 1 fully saturated rings. The summed E-state index contributed by atoms with van der Waals surface area (Å²) in [5.74, 6) is 0.803. The number of anilines is 1. The van der Waals surface area contributed by atoms with Crippen molar-refractivity contribution in [2.75, 3.05) is 39.1 Å². The molecule has 0 spiro atoms. The summed E-state index contributed by atoms with van der Waals surface area (Å²) in [5, 5.41) is 6.67. The van der Waals surface area contributed by atoms with Crippen LogP contribution in [-0.2, 0) is 6.54 Å². The third kappa shape index (κ3) is 6.09. The Labute approximate surface area is 187 Å². The number of nitrogens with zero attached hydrogens (tertiary/aromatic N) is 3. The zero-order valence-electron chi connectivity index (χ0n) is 18.5. The number of rotatable bonds is 7. The Kier molecular flexibility index (Phi) is 7.86. The molecule has 1 atom stereocenters. The number of halogens is 2. The monoisotopic (exact) mass is 445 g/mol. The molecule has 2 aromatic carbocycles. The van der Waals surface area contributed by atoms with E-state index < -0.39 is 6.61 Å². The van der Waals surface area contributed by atoms with Gasteiger partial charge in [-0.25, -0.2) is 0 Å². The van der Waals surface area contributed by atoms with Gasteiger partial charge in [-0.15, -0.1) is 0 Å². The van der Waals surface area contributed by atoms with Crippen LogP contribution in [0.2, 0.25) is 0 Å². The fraction of sp³-hybridized carbons (Fsp3) is 0.391. The standard InChI is InChI=1S/C23H29F2N5O2/c1-26-23(27-14-16-8-10-17(11-9-16)21(31)29(2)3)28-18-12-13-30(15-18)19-6-4-5-7-20(19)32-22(24)25/h4-11,18,22H,12-15H2,1-3H3,(H2,26,27,28). The van der Waals surface area contributed by atoms with Crippen LogP contribution < -0.4 is 20.3 Å². The first-order valence-electron chi connectivity index (χ1n) is 10.4. The maximum Gasteiger partial charge on any atom is 0.387 e. The van der Waals surface area contributed by atoms with Crippen molar-refractivity contribution in [1.29, 1.82) is 0 Å². The first kappa shape index (κ1) is 23.3. The molecule has 1 aliphatic heterocycles. The highest BCUT2D eigenvalue weighted by atomic mass is 19.3. The fourth-order valence-corrected chi connectivity index (χ4v) is 3.61. The van der Waals surface area contributed by atoms with E-state index in [2.05, 4.69) is 20.4 Å². The minimum atomic E-state index is -2.86. The summed E-state index contributed by atoms with van der Waals surface area (Å²) in [6.45, 7) is -0.936. The van der Waals surface area contributed by atoms with Gasteiger partial charge >= 0.3 is 6.61 Å². The second-order valence-electron chi connectivity index (χ2n) is 7.74. The Hall–Kier alpha value is -3.36. The van der Waals surface area contributed by atoms with Gasteiger partial charge in [-0.1, -0.05) is 24.3 Å². The Balaban J connectivity index is 1.53. The van der Waals surface area contributed by atoms with Crippen molar-refractivity contribution in [3.8, 4) is 5.75 Å². The molecule has 0 aliphatic carbocycles. The largest absolute Gasteiger partial charge is 0.433 e. The van der Waals surface area contributed by atoms with E-state index in [1.165, 1.54) is 0 Å². The zero-order valence-corrected chi connectivity index (χ0v) is 18.5. The number of ether oxygens (including phenoxy) is 1. The molecule has 1 unspecified atom stereocenters. The SMILES string of the molecule is CN=C(NCc1ccc(C(=O)N(C)C)cc1)NC1CCN(c2ccccc2OC(F)F)C1. The lowest BCUT2D eigenvalue weighted by Crippen LogP contribution is -2.44. The molecule has 0 aromatic heterocycles. The summed E-state index contributed by atoms with van der Waals surface area (Å²) in [5.41, 5.74) is 2.32. The number of hydrogen-bond donors (Lipinski definition) is 2. The molecule has 1 saturated heterocycles. The Morgan fingerprint density at radius 3 is 2.59 bits per heavy atom. The van der Waals surface area contributed by atoms with Crippen LogP contribution in [0.5, 0.6) is 5.75 Å². The van der Waals surface area contributed by atoms with Crippen molar-refractivity contribution >= 4 is 17.6 Å². The molecule has 0 radical (unpaired) electrons. The second kappa shape index (κ2) is 10.8. The third-order valence-corrected chi connectivity index (χ3v) is 5.24. The van der Waals surface area contributed by atoms with Crippen molar-refractivity contribution in [1.82, 2.24) is 15.5 Å². The highest BCUT2D eigenvalue weighted by Crippen LogP contribution is 2.31. The van der Waals surface area contributed by atoms with Crippen LogP contribution in [0.4, 0.5) is 14.5 Å². The number of amides is 1. The molecule has 9 heteroatoms. The lowest BCUT2D eigenvalue weighted by molar-refractivity contribution is -0.0495. The van der Waals surface area contributed by atoms with Crippen molar-refractivity contribution in [2.45, 2.75) is 25.6 Å². The van der Waals surface area contributed by atoms with Crippen LogP contribution in [0.25, 0.3) is 0 Å². The van der Waals surface area contributed by atoms with Crippen LogP contribution in [-0.4, -0.2) is 63.7 Å². The normalized spacial score (nSPS) is 16.2.